The first-order valence-electron chi connectivity index (χ1n) is 5.25. The van der Waals surface area contributed by atoms with Crippen molar-refractivity contribution in [1.82, 2.24) is 5.43 Å². The lowest BCUT2D eigenvalue weighted by Gasteiger charge is -1.96. The third-order valence-corrected chi connectivity index (χ3v) is 3.73. The van der Waals surface area contributed by atoms with Crippen molar-refractivity contribution in [2.24, 2.45) is 5.10 Å². The van der Waals surface area contributed by atoms with Crippen LogP contribution < -0.4 is 10.4 Å². The van der Waals surface area contributed by atoms with Crippen LogP contribution in [0.25, 0.3) is 0 Å². The maximum atomic E-state index is 11.6. The summed E-state index contributed by atoms with van der Waals surface area (Å²) in [4.78, 5) is 15.5. The summed E-state index contributed by atoms with van der Waals surface area (Å²) in [6.07, 6.45) is 5.53. The highest BCUT2D eigenvalue weighted by Crippen LogP contribution is 2.17. The Hall–Kier alpha value is -1.53. The fraction of sp³-hybridized carbons (Fsp3) is 0.0833. The Morgan fingerprint density at radius 3 is 3.17 bits per heavy atom. The van der Waals surface area contributed by atoms with Crippen molar-refractivity contribution in [2.45, 2.75) is 6.42 Å². The van der Waals surface area contributed by atoms with Crippen LogP contribution in [-0.4, -0.2) is 12.1 Å². The number of aromatic amines is 1. The van der Waals surface area contributed by atoms with Crippen LogP contribution in [-0.2, 0) is 11.2 Å². The predicted molar refractivity (Wildman–Crippen MR) is 74.5 cm³/mol. The number of rotatable bonds is 4. The quantitative estimate of drug-likeness (QED) is 0.679. The molecule has 0 saturated carbocycles. The highest BCUT2D eigenvalue weighted by Gasteiger charge is 2.03. The molecule has 0 aliphatic heterocycles. The summed E-state index contributed by atoms with van der Waals surface area (Å²) < 4.78 is 1.01. The Bertz CT molecular complexity index is 553. The molecule has 2 aromatic heterocycles. The zero-order chi connectivity index (χ0) is 12.8. The van der Waals surface area contributed by atoms with E-state index in [1.807, 2.05) is 23.6 Å². The number of pyridine rings is 1. The topological polar surface area (TPSA) is 55.6 Å². The van der Waals surface area contributed by atoms with Gasteiger partial charge in [0.05, 0.1) is 12.6 Å². The first-order chi connectivity index (χ1) is 8.74. The predicted octanol–water partition coefficient (Wildman–Crippen LogP) is 2.02. The van der Waals surface area contributed by atoms with E-state index >= 15 is 0 Å². The minimum Gasteiger partial charge on any atom is -0.273 e. The van der Waals surface area contributed by atoms with Crippen molar-refractivity contribution >= 4 is 39.4 Å². The molecule has 18 heavy (non-hydrogen) atoms. The van der Waals surface area contributed by atoms with Crippen LogP contribution in [0.2, 0.25) is 0 Å². The number of thiophene rings is 1. The fourth-order valence-electron chi connectivity index (χ4n) is 1.33. The number of hydrogen-bond donors (Lipinski definition) is 1. The third-order valence-electron chi connectivity index (χ3n) is 2.10. The van der Waals surface area contributed by atoms with Gasteiger partial charge < -0.3 is 0 Å². The van der Waals surface area contributed by atoms with Gasteiger partial charge in [0.2, 0.25) is 5.91 Å². The second-order valence-corrected chi connectivity index (χ2v) is 5.41. The summed E-state index contributed by atoms with van der Waals surface area (Å²) in [5, 5.41) is 5.87. The number of halogens is 1. The van der Waals surface area contributed by atoms with Crippen molar-refractivity contribution in [3.05, 3.63) is 50.9 Å². The molecule has 0 unspecified atom stereocenters. The van der Waals surface area contributed by atoms with Gasteiger partial charge in [0.25, 0.3) is 0 Å². The second kappa shape index (κ2) is 6.42. The molecule has 0 aromatic carbocycles. The lowest BCUT2D eigenvalue weighted by Crippen LogP contribution is -2.20. The number of carbonyl (C=O) groups excluding carboxylic acids is 1. The van der Waals surface area contributed by atoms with E-state index in [0.717, 1.165) is 14.9 Å². The average Bonchev–Trinajstić information content (AvgIpc) is 2.76. The van der Waals surface area contributed by atoms with Gasteiger partial charge in [-0.2, -0.15) is 5.10 Å². The highest BCUT2D eigenvalue weighted by molar-refractivity contribution is 9.10. The largest absolute Gasteiger partial charge is 0.273 e. The highest BCUT2D eigenvalue weighted by atomic mass is 79.9. The van der Waals surface area contributed by atoms with E-state index < -0.39 is 0 Å². The molecule has 0 atom stereocenters. The molecule has 2 aromatic rings. The molecule has 0 aliphatic carbocycles. The summed E-state index contributed by atoms with van der Waals surface area (Å²) in [5.74, 6) is -0.138. The van der Waals surface area contributed by atoms with Crippen LogP contribution in [0.15, 0.2) is 45.5 Å². The van der Waals surface area contributed by atoms with Gasteiger partial charge in [0.1, 0.15) is 0 Å². The maximum absolute atomic E-state index is 11.6. The molecule has 6 heteroatoms. The van der Waals surface area contributed by atoms with Crippen molar-refractivity contribution < 1.29 is 9.78 Å². The minimum atomic E-state index is -0.138. The summed E-state index contributed by atoms with van der Waals surface area (Å²) in [5.41, 5.74) is 3.42. The Balaban J connectivity index is 1.83. The summed E-state index contributed by atoms with van der Waals surface area (Å²) in [6.45, 7) is 0. The molecule has 0 radical (unpaired) electrons. The number of hydrogen-bond acceptors (Lipinski definition) is 3. The number of aromatic nitrogens is 1. The Kier molecular flexibility index (Phi) is 4.60. The minimum absolute atomic E-state index is 0.138. The van der Waals surface area contributed by atoms with Crippen LogP contribution in [0, 0.1) is 0 Å². The van der Waals surface area contributed by atoms with E-state index in [9.17, 15) is 4.79 Å². The normalized spacial score (nSPS) is 10.7. The molecular weight excluding hydrogens is 314 g/mol. The molecule has 0 saturated heterocycles. The first kappa shape index (κ1) is 12.9. The van der Waals surface area contributed by atoms with Gasteiger partial charge >= 0.3 is 0 Å². The molecule has 0 aliphatic rings. The second-order valence-electron chi connectivity index (χ2n) is 3.55. The first-order valence-corrected chi connectivity index (χ1v) is 6.92. The molecule has 0 bridgehead atoms. The number of nitrogens with one attached hydrogen (secondary N) is 2. The van der Waals surface area contributed by atoms with Crippen LogP contribution in [0.1, 0.15) is 10.4 Å². The van der Waals surface area contributed by atoms with Crippen LogP contribution in [0.4, 0.5) is 0 Å². The Morgan fingerprint density at radius 1 is 1.61 bits per heavy atom. The molecule has 2 heterocycles. The van der Waals surface area contributed by atoms with Crippen molar-refractivity contribution in [3.8, 4) is 0 Å². The van der Waals surface area contributed by atoms with E-state index in [-0.39, 0.29) is 5.91 Å². The van der Waals surface area contributed by atoms with Crippen LogP contribution >= 0.6 is 27.3 Å². The molecule has 92 valence electrons. The third kappa shape index (κ3) is 4.05. The van der Waals surface area contributed by atoms with Crippen LogP contribution in [0.5, 0.6) is 0 Å². The van der Waals surface area contributed by atoms with E-state index in [1.54, 1.807) is 29.9 Å². The smallest absolute Gasteiger partial charge is 0.244 e. The van der Waals surface area contributed by atoms with Crippen molar-refractivity contribution in [2.75, 3.05) is 0 Å². The van der Waals surface area contributed by atoms with Gasteiger partial charge in [-0.3, -0.25) is 4.79 Å². The molecule has 2 N–H and O–H groups in total. The molecular formula is C12H11BrN3OS+. The van der Waals surface area contributed by atoms with Gasteiger partial charge in [-0.25, -0.2) is 10.4 Å². The summed E-state index contributed by atoms with van der Waals surface area (Å²) >= 11 is 4.91. The maximum Gasteiger partial charge on any atom is 0.244 e. The number of nitrogens with zero attached hydrogens (tertiary/aromatic N) is 1. The van der Waals surface area contributed by atoms with Crippen LogP contribution in [0.3, 0.4) is 0 Å². The number of H-pyrrole nitrogens is 1. The summed E-state index contributed by atoms with van der Waals surface area (Å²) in [7, 11) is 0. The SMILES string of the molecule is O=C(Cc1ccc[nH+]c1)NN=Cc1cc(Br)cs1. The monoisotopic (exact) mass is 324 g/mol. The van der Waals surface area contributed by atoms with Gasteiger partial charge in [-0.05, 0) is 28.1 Å². The standard InChI is InChI=1S/C12H10BrN3OS/c13-10-5-11(18-8-10)7-15-16-12(17)4-9-2-1-3-14-6-9/h1-3,5-8H,4H2,(H,16,17)/p+1. The molecule has 0 spiro atoms. The Morgan fingerprint density at radius 2 is 2.50 bits per heavy atom. The van der Waals surface area contributed by atoms with Gasteiger partial charge in [-0.1, -0.05) is 0 Å². The van der Waals surface area contributed by atoms with E-state index in [4.69, 9.17) is 0 Å². The number of hydrazone groups is 1. The van der Waals surface area contributed by atoms with Crippen molar-refractivity contribution in [1.29, 1.82) is 0 Å². The summed E-state index contributed by atoms with van der Waals surface area (Å²) in [6, 6.07) is 5.68. The number of carbonyl (C=O) groups is 1. The fourth-order valence-corrected chi connectivity index (χ4v) is 2.63. The zero-order valence-corrected chi connectivity index (χ0v) is 11.8. The molecule has 1 amide bonds. The van der Waals surface area contributed by atoms with E-state index in [0.29, 0.717) is 6.42 Å². The van der Waals surface area contributed by atoms with Gasteiger partial charge in [-0.15, -0.1) is 11.3 Å². The molecule has 2 rings (SSSR count). The Labute approximate surface area is 117 Å². The average molecular weight is 325 g/mol. The lowest BCUT2D eigenvalue weighted by molar-refractivity contribution is -0.378. The molecule has 4 nitrogen and oxygen atoms in total. The zero-order valence-electron chi connectivity index (χ0n) is 9.39. The van der Waals surface area contributed by atoms with Gasteiger partial charge in [0.15, 0.2) is 12.4 Å². The van der Waals surface area contributed by atoms with Crippen molar-refractivity contribution in [3.63, 3.8) is 0 Å². The van der Waals surface area contributed by atoms with E-state index in [1.165, 1.54) is 0 Å². The van der Waals surface area contributed by atoms with E-state index in [2.05, 4.69) is 31.4 Å². The van der Waals surface area contributed by atoms with Gasteiger partial charge in [0, 0.05) is 26.4 Å². The number of amides is 1. The molecule has 0 fully saturated rings. The lowest BCUT2D eigenvalue weighted by atomic mass is 10.2.